The number of aliphatic imine (C=N–C) groups is 1. The van der Waals surface area contributed by atoms with E-state index in [4.69, 9.17) is 0 Å². The van der Waals surface area contributed by atoms with E-state index in [0.717, 1.165) is 51.2 Å². The number of rotatable bonds is 10. The maximum atomic E-state index is 11.0. The summed E-state index contributed by atoms with van der Waals surface area (Å²) in [4.78, 5) is 16.6. The van der Waals surface area contributed by atoms with Gasteiger partial charge in [-0.1, -0.05) is 18.9 Å². The molecule has 22 heavy (non-hydrogen) atoms. The van der Waals surface area contributed by atoms with Crippen LogP contribution < -0.4 is 10.6 Å². The van der Waals surface area contributed by atoms with Gasteiger partial charge in [0.25, 0.3) is 0 Å². The molecule has 0 fully saturated rings. The van der Waals surface area contributed by atoms with Crippen molar-refractivity contribution in [3.8, 4) is 0 Å². The number of carbonyl (C=O) groups excluding carboxylic acids is 1. The summed E-state index contributed by atoms with van der Waals surface area (Å²) in [7, 11) is 3.22. The smallest absolute Gasteiger partial charge is 0.305 e. The Kier molecular flexibility index (Phi) is 10.1. The second-order valence-electron chi connectivity index (χ2n) is 5.00. The Morgan fingerprint density at radius 2 is 2.00 bits per heavy atom. The third kappa shape index (κ3) is 8.67. The van der Waals surface area contributed by atoms with E-state index in [1.807, 2.05) is 0 Å². The summed E-state index contributed by atoms with van der Waals surface area (Å²) in [6, 6.07) is 4.23. The number of nitrogens with zero attached hydrogens (tertiary/aromatic N) is 1. The summed E-state index contributed by atoms with van der Waals surface area (Å²) in [6.45, 7) is 1.79. The Balaban J connectivity index is 1.98. The van der Waals surface area contributed by atoms with Crippen molar-refractivity contribution in [1.82, 2.24) is 10.6 Å². The Bertz CT molecular complexity index is 433. The zero-order valence-corrected chi connectivity index (χ0v) is 14.4. The molecule has 0 amide bonds. The molecule has 0 radical (unpaired) electrons. The van der Waals surface area contributed by atoms with Gasteiger partial charge in [-0.15, -0.1) is 11.3 Å². The number of thiophene rings is 1. The number of methoxy groups -OCH3 is 1. The summed E-state index contributed by atoms with van der Waals surface area (Å²) in [6.07, 6.45) is 5.69. The number of carbonyl (C=O) groups is 1. The average molecular weight is 325 g/mol. The first-order valence-electron chi connectivity index (χ1n) is 7.80. The molecule has 0 atom stereocenters. The van der Waals surface area contributed by atoms with Crippen LogP contribution in [0.1, 0.15) is 37.0 Å². The summed E-state index contributed by atoms with van der Waals surface area (Å²) < 4.78 is 4.61. The minimum atomic E-state index is -0.117. The summed E-state index contributed by atoms with van der Waals surface area (Å²) in [5.41, 5.74) is 0. The lowest BCUT2D eigenvalue weighted by atomic mass is 10.1. The lowest BCUT2D eigenvalue weighted by Gasteiger charge is -2.11. The van der Waals surface area contributed by atoms with Gasteiger partial charge < -0.3 is 15.4 Å². The van der Waals surface area contributed by atoms with Gasteiger partial charge in [0.05, 0.1) is 7.11 Å². The van der Waals surface area contributed by atoms with Gasteiger partial charge in [-0.2, -0.15) is 0 Å². The van der Waals surface area contributed by atoms with Gasteiger partial charge in [0, 0.05) is 31.4 Å². The predicted octanol–water partition coefficient (Wildman–Crippen LogP) is 2.58. The van der Waals surface area contributed by atoms with Gasteiger partial charge in [-0.25, -0.2) is 0 Å². The molecule has 1 aromatic heterocycles. The molecule has 1 aromatic rings. The van der Waals surface area contributed by atoms with E-state index in [1.54, 1.807) is 18.4 Å². The maximum absolute atomic E-state index is 11.0. The van der Waals surface area contributed by atoms with Crippen molar-refractivity contribution in [3.05, 3.63) is 22.4 Å². The molecule has 0 saturated carbocycles. The lowest BCUT2D eigenvalue weighted by Crippen LogP contribution is -2.38. The van der Waals surface area contributed by atoms with Crippen LogP contribution in [0.15, 0.2) is 22.5 Å². The van der Waals surface area contributed by atoms with E-state index in [0.29, 0.717) is 6.42 Å². The minimum Gasteiger partial charge on any atom is -0.469 e. The molecular weight excluding hydrogens is 298 g/mol. The molecule has 6 heteroatoms. The molecule has 0 aliphatic rings. The number of hydrogen-bond acceptors (Lipinski definition) is 4. The van der Waals surface area contributed by atoms with E-state index in [1.165, 1.54) is 12.0 Å². The van der Waals surface area contributed by atoms with E-state index in [-0.39, 0.29) is 5.97 Å². The molecule has 124 valence electrons. The molecule has 0 unspecified atom stereocenters. The second-order valence-corrected chi connectivity index (χ2v) is 6.03. The molecule has 1 heterocycles. The van der Waals surface area contributed by atoms with E-state index in [9.17, 15) is 4.79 Å². The van der Waals surface area contributed by atoms with Crippen molar-refractivity contribution >= 4 is 23.3 Å². The van der Waals surface area contributed by atoms with Crippen LogP contribution in [0.2, 0.25) is 0 Å². The zero-order chi connectivity index (χ0) is 16.0. The minimum absolute atomic E-state index is 0.117. The fourth-order valence-electron chi connectivity index (χ4n) is 2.04. The van der Waals surface area contributed by atoms with Gasteiger partial charge in [-0.05, 0) is 30.7 Å². The highest BCUT2D eigenvalue weighted by Crippen LogP contribution is 2.08. The van der Waals surface area contributed by atoms with Gasteiger partial charge in [0.1, 0.15) is 0 Å². The highest BCUT2D eigenvalue weighted by atomic mass is 32.1. The number of hydrogen-bond donors (Lipinski definition) is 2. The van der Waals surface area contributed by atoms with Gasteiger partial charge in [0.15, 0.2) is 5.96 Å². The van der Waals surface area contributed by atoms with Crippen molar-refractivity contribution in [2.24, 2.45) is 4.99 Å². The van der Waals surface area contributed by atoms with Crippen LogP contribution >= 0.6 is 11.3 Å². The number of guanidine groups is 1. The van der Waals surface area contributed by atoms with Crippen molar-refractivity contribution in [2.45, 2.75) is 38.5 Å². The largest absolute Gasteiger partial charge is 0.469 e. The quantitative estimate of drug-likeness (QED) is 0.300. The first-order valence-corrected chi connectivity index (χ1v) is 8.68. The van der Waals surface area contributed by atoms with Crippen LogP contribution in [0.4, 0.5) is 0 Å². The van der Waals surface area contributed by atoms with Crippen molar-refractivity contribution in [2.75, 3.05) is 27.2 Å². The van der Waals surface area contributed by atoms with E-state index >= 15 is 0 Å². The molecular formula is C16H27N3O2S. The van der Waals surface area contributed by atoms with Crippen LogP contribution in [0.5, 0.6) is 0 Å². The lowest BCUT2D eigenvalue weighted by molar-refractivity contribution is -0.140. The fraction of sp³-hybridized carbons (Fsp3) is 0.625. The molecule has 0 aromatic carbocycles. The van der Waals surface area contributed by atoms with Crippen LogP contribution in [0.3, 0.4) is 0 Å². The highest BCUT2D eigenvalue weighted by Gasteiger charge is 2.00. The first-order chi connectivity index (χ1) is 10.8. The number of unbranched alkanes of at least 4 members (excludes halogenated alkanes) is 3. The molecule has 2 N–H and O–H groups in total. The van der Waals surface area contributed by atoms with Crippen molar-refractivity contribution in [3.63, 3.8) is 0 Å². The van der Waals surface area contributed by atoms with Gasteiger partial charge in [0.2, 0.25) is 0 Å². The molecule has 0 spiro atoms. The van der Waals surface area contributed by atoms with Gasteiger partial charge >= 0.3 is 5.97 Å². The summed E-state index contributed by atoms with van der Waals surface area (Å²) >= 11 is 1.78. The molecule has 0 bridgehead atoms. The fourth-order valence-corrected chi connectivity index (χ4v) is 2.75. The third-order valence-electron chi connectivity index (χ3n) is 3.30. The Labute approximate surface area is 137 Å². The Hall–Kier alpha value is -1.56. The molecule has 5 nitrogen and oxygen atoms in total. The number of nitrogens with one attached hydrogen (secondary N) is 2. The Morgan fingerprint density at radius 3 is 2.68 bits per heavy atom. The average Bonchev–Trinajstić information content (AvgIpc) is 3.05. The normalized spacial score (nSPS) is 11.3. The van der Waals surface area contributed by atoms with Crippen molar-refractivity contribution < 1.29 is 9.53 Å². The highest BCUT2D eigenvalue weighted by molar-refractivity contribution is 7.09. The van der Waals surface area contributed by atoms with E-state index in [2.05, 4.69) is 37.9 Å². The van der Waals surface area contributed by atoms with Crippen LogP contribution in [0.25, 0.3) is 0 Å². The van der Waals surface area contributed by atoms with Crippen LogP contribution in [0, 0.1) is 0 Å². The van der Waals surface area contributed by atoms with Gasteiger partial charge in [-0.3, -0.25) is 9.79 Å². The molecule has 1 rings (SSSR count). The maximum Gasteiger partial charge on any atom is 0.305 e. The SMILES string of the molecule is CN=C(NCCCCCCC(=O)OC)NCCc1cccs1. The predicted molar refractivity (Wildman–Crippen MR) is 92.5 cm³/mol. The van der Waals surface area contributed by atoms with Crippen LogP contribution in [-0.4, -0.2) is 39.2 Å². The second kappa shape index (κ2) is 12.0. The zero-order valence-electron chi connectivity index (χ0n) is 13.6. The standard InChI is InChI=1S/C16H27N3O2S/c1-17-16(19-12-10-14-8-7-13-22-14)18-11-6-4-3-5-9-15(20)21-2/h7-8,13H,3-6,9-12H2,1-2H3,(H2,17,18,19). The van der Waals surface area contributed by atoms with Crippen LogP contribution in [-0.2, 0) is 16.0 Å². The molecule has 0 aliphatic heterocycles. The Morgan fingerprint density at radius 1 is 1.23 bits per heavy atom. The van der Waals surface area contributed by atoms with E-state index < -0.39 is 0 Å². The molecule has 0 saturated heterocycles. The molecule has 0 aliphatic carbocycles. The first kappa shape index (κ1) is 18.5. The third-order valence-corrected chi connectivity index (χ3v) is 4.23. The summed E-state index contributed by atoms with van der Waals surface area (Å²) in [5, 5.41) is 8.73. The van der Waals surface area contributed by atoms with Crippen molar-refractivity contribution in [1.29, 1.82) is 0 Å². The number of ether oxygens (including phenoxy) is 1. The topological polar surface area (TPSA) is 62.7 Å². The number of esters is 1. The monoisotopic (exact) mass is 325 g/mol. The summed E-state index contributed by atoms with van der Waals surface area (Å²) in [5.74, 6) is 0.736.